The van der Waals surface area contributed by atoms with Crippen molar-refractivity contribution in [3.05, 3.63) is 23.8 Å². The normalized spacial score (nSPS) is 10.0. The van der Waals surface area contributed by atoms with Crippen LogP contribution in [0.2, 0.25) is 0 Å². The molecule has 7 heteroatoms. The summed E-state index contributed by atoms with van der Waals surface area (Å²) in [6.45, 7) is 1.06. The second kappa shape index (κ2) is 8.11. The third-order valence-electron chi connectivity index (χ3n) is 2.94. The first-order valence-electron chi connectivity index (χ1n) is 6.58. The van der Waals surface area contributed by atoms with Crippen molar-refractivity contribution < 1.29 is 14.3 Å². The van der Waals surface area contributed by atoms with Gasteiger partial charge in [-0.2, -0.15) is 0 Å². The molecule has 0 spiro atoms. The Labute approximate surface area is 124 Å². The standard InChI is InChI=1S/C14H22N4O3/c1-16-14(20)10-4-5-11(15)12(8-10)18(2)9-13(19)17-6-7-21-3/h4-5,8H,6-7,9,15H2,1-3H3,(H,16,20)(H,17,19). The third-order valence-corrected chi connectivity index (χ3v) is 2.94. The number of carbonyl (C=O) groups excluding carboxylic acids is 2. The van der Waals surface area contributed by atoms with E-state index in [4.69, 9.17) is 10.5 Å². The van der Waals surface area contributed by atoms with Gasteiger partial charge in [0.1, 0.15) is 0 Å². The maximum Gasteiger partial charge on any atom is 0.251 e. The number of amides is 2. The van der Waals surface area contributed by atoms with Crippen LogP contribution >= 0.6 is 0 Å². The minimum Gasteiger partial charge on any atom is -0.397 e. The molecule has 1 aromatic carbocycles. The average molecular weight is 294 g/mol. The molecule has 0 heterocycles. The lowest BCUT2D eigenvalue weighted by Gasteiger charge is -2.21. The van der Waals surface area contributed by atoms with Gasteiger partial charge in [0.2, 0.25) is 5.91 Å². The van der Waals surface area contributed by atoms with E-state index in [9.17, 15) is 9.59 Å². The average Bonchev–Trinajstić information content (AvgIpc) is 2.47. The van der Waals surface area contributed by atoms with Gasteiger partial charge in [-0.05, 0) is 18.2 Å². The van der Waals surface area contributed by atoms with Crippen molar-refractivity contribution in [2.24, 2.45) is 0 Å². The molecule has 0 saturated heterocycles. The van der Waals surface area contributed by atoms with Gasteiger partial charge in [0.05, 0.1) is 24.5 Å². The molecule has 0 saturated carbocycles. The number of rotatable bonds is 7. The molecule has 0 fully saturated rings. The van der Waals surface area contributed by atoms with Crippen molar-refractivity contribution in [2.45, 2.75) is 0 Å². The van der Waals surface area contributed by atoms with Crippen LogP contribution < -0.4 is 21.3 Å². The Kier molecular flexibility index (Phi) is 6.48. The molecule has 0 aliphatic heterocycles. The molecule has 7 nitrogen and oxygen atoms in total. The molecular formula is C14H22N4O3. The first-order valence-corrected chi connectivity index (χ1v) is 6.58. The van der Waals surface area contributed by atoms with E-state index in [2.05, 4.69) is 10.6 Å². The summed E-state index contributed by atoms with van der Waals surface area (Å²) in [4.78, 5) is 25.1. The van der Waals surface area contributed by atoms with Crippen LogP contribution in [0.15, 0.2) is 18.2 Å². The fraction of sp³-hybridized carbons (Fsp3) is 0.429. The van der Waals surface area contributed by atoms with E-state index in [0.717, 1.165) is 0 Å². The third kappa shape index (κ3) is 4.96. The van der Waals surface area contributed by atoms with Gasteiger partial charge in [-0.3, -0.25) is 9.59 Å². The fourth-order valence-corrected chi connectivity index (χ4v) is 1.81. The molecule has 0 unspecified atom stereocenters. The molecule has 4 N–H and O–H groups in total. The summed E-state index contributed by atoms with van der Waals surface area (Å²) in [6.07, 6.45) is 0. The smallest absolute Gasteiger partial charge is 0.251 e. The van der Waals surface area contributed by atoms with E-state index in [1.165, 1.54) is 0 Å². The molecule has 0 aromatic heterocycles. The SMILES string of the molecule is CNC(=O)c1ccc(N)c(N(C)CC(=O)NCCOC)c1. The number of nitrogens with two attached hydrogens (primary N) is 1. The Hall–Kier alpha value is -2.28. The molecule has 116 valence electrons. The lowest BCUT2D eigenvalue weighted by molar-refractivity contribution is -0.119. The highest BCUT2D eigenvalue weighted by Crippen LogP contribution is 2.23. The van der Waals surface area contributed by atoms with Crippen molar-refractivity contribution in [2.75, 3.05) is 51.5 Å². The second-order valence-corrected chi connectivity index (χ2v) is 4.55. The zero-order valence-corrected chi connectivity index (χ0v) is 12.6. The second-order valence-electron chi connectivity index (χ2n) is 4.55. The van der Waals surface area contributed by atoms with Crippen LogP contribution in [0.3, 0.4) is 0 Å². The molecule has 1 aromatic rings. The summed E-state index contributed by atoms with van der Waals surface area (Å²) < 4.78 is 4.86. The highest BCUT2D eigenvalue weighted by Gasteiger charge is 2.12. The maximum atomic E-state index is 11.8. The number of likely N-dealkylation sites (N-methyl/N-ethyl adjacent to an activating group) is 1. The lowest BCUT2D eigenvalue weighted by atomic mass is 10.1. The van der Waals surface area contributed by atoms with E-state index < -0.39 is 0 Å². The molecule has 0 bridgehead atoms. The number of methoxy groups -OCH3 is 1. The quantitative estimate of drug-likeness (QED) is 0.479. The minimum atomic E-state index is -0.200. The Morgan fingerprint density at radius 2 is 2.10 bits per heavy atom. The van der Waals surface area contributed by atoms with E-state index in [-0.39, 0.29) is 18.4 Å². The number of hydrogen-bond donors (Lipinski definition) is 3. The molecule has 1 rings (SSSR count). The van der Waals surface area contributed by atoms with E-state index in [0.29, 0.717) is 30.1 Å². The van der Waals surface area contributed by atoms with Crippen LogP contribution in [0.4, 0.5) is 11.4 Å². The number of nitrogen functional groups attached to an aromatic ring is 1. The fourth-order valence-electron chi connectivity index (χ4n) is 1.81. The lowest BCUT2D eigenvalue weighted by Crippen LogP contribution is -2.37. The number of carbonyl (C=O) groups is 2. The van der Waals surface area contributed by atoms with Crippen LogP contribution in [-0.4, -0.2) is 52.7 Å². The maximum absolute atomic E-state index is 11.8. The molecular weight excluding hydrogens is 272 g/mol. The number of nitrogens with one attached hydrogen (secondary N) is 2. The van der Waals surface area contributed by atoms with Crippen LogP contribution in [0, 0.1) is 0 Å². The molecule has 2 amide bonds. The van der Waals surface area contributed by atoms with Gasteiger partial charge >= 0.3 is 0 Å². The monoisotopic (exact) mass is 294 g/mol. The summed E-state index contributed by atoms with van der Waals surface area (Å²) >= 11 is 0. The van der Waals surface area contributed by atoms with Gasteiger partial charge in [-0.1, -0.05) is 0 Å². The highest BCUT2D eigenvalue weighted by atomic mass is 16.5. The summed E-state index contributed by atoms with van der Waals surface area (Å²) in [7, 11) is 4.88. The molecule has 21 heavy (non-hydrogen) atoms. The van der Waals surface area contributed by atoms with E-state index in [1.54, 1.807) is 44.3 Å². The highest BCUT2D eigenvalue weighted by molar-refractivity contribution is 5.96. The number of nitrogens with zero attached hydrogens (tertiary/aromatic N) is 1. The van der Waals surface area contributed by atoms with Crippen LogP contribution in [0.1, 0.15) is 10.4 Å². The Morgan fingerprint density at radius 1 is 1.38 bits per heavy atom. The zero-order chi connectivity index (χ0) is 15.8. The van der Waals surface area contributed by atoms with Crippen LogP contribution in [0.25, 0.3) is 0 Å². The largest absolute Gasteiger partial charge is 0.397 e. The molecule has 0 radical (unpaired) electrons. The van der Waals surface area contributed by atoms with Crippen LogP contribution in [-0.2, 0) is 9.53 Å². The van der Waals surface area contributed by atoms with Crippen molar-refractivity contribution >= 4 is 23.2 Å². The number of anilines is 2. The Balaban J connectivity index is 2.74. The summed E-state index contributed by atoms with van der Waals surface area (Å²) in [5, 5.41) is 5.28. The first kappa shape index (κ1) is 16.8. The first-order chi connectivity index (χ1) is 9.99. The topological polar surface area (TPSA) is 96.7 Å². The van der Waals surface area contributed by atoms with Gasteiger partial charge in [0.15, 0.2) is 0 Å². The summed E-state index contributed by atoms with van der Waals surface area (Å²) in [5.74, 6) is -0.339. The van der Waals surface area contributed by atoms with Crippen molar-refractivity contribution in [3.63, 3.8) is 0 Å². The number of benzene rings is 1. The van der Waals surface area contributed by atoms with Gasteiger partial charge in [0.25, 0.3) is 5.91 Å². The van der Waals surface area contributed by atoms with Crippen LogP contribution in [0.5, 0.6) is 0 Å². The number of ether oxygens (including phenoxy) is 1. The van der Waals surface area contributed by atoms with Gasteiger partial charge in [-0.25, -0.2) is 0 Å². The molecule has 0 aliphatic carbocycles. The minimum absolute atomic E-state index is 0.140. The predicted molar refractivity (Wildman–Crippen MR) is 82.4 cm³/mol. The molecule has 0 aliphatic rings. The van der Waals surface area contributed by atoms with Crippen molar-refractivity contribution in [3.8, 4) is 0 Å². The van der Waals surface area contributed by atoms with Gasteiger partial charge < -0.3 is 26.0 Å². The Morgan fingerprint density at radius 3 is 2.71 bits per heavy atom. The zero-order valence-electron chi connectivity index (χ0n) is 12.6. The van der Waals surface area contributed by atoms with Crippen molar-refractivity contribution in [1.82, 2.24) is 10.6 Å². The predicted octanol–water partition coefficient (Wildman–Crippen LogP) is -0.173. The summed E-state index contributed by atoms with van der Waals surface area (Å²) in [5.41, 5.74) is 7.54. The van der Waals surface area contributed by atoms with E-state index in [1.807, 2.05) is 0 Å². The summed E-state index contributed by atoms with van der Waals surface area (Å²) in [6, 6.07) is 4.96. The molecule has 0 atom stereocenters. The van der Waals surface area contributed by atoms with Gasteiger partial charge in [0, 0.05) is 33.3 Å². The number of hydrogen-bond acceptors (Lipinski definition) is 5. The van der Waals surface area contributed by atoms with E-state index >= 15 is 0 Å². The van der Waals surface area contributed by atoms with Gasteiger partial charge in [-0.15, -0.1) is 0 Å². The Bertz CT molecular complexity index is 505. The van der Waals surface area contributed by atoms with Crippen molar-refractivity contribution in [1.29, 1.82) is 0 Å².